The molecule has 1 fully saturated rings. The molecule has 122 valence electrons. The standard InChI is InChI=1S/C17H26N2O3/c1-14-3-4-16(13-15(14)2)17(21)19(7-10-20)6-5-18-8-11-22-12-9-18/h3-4,13,20H,5-12H2,1-2H3. The molecule has 22 heavy (non-hydrogen) atoms. The van der Waals surface area contributed by atoms with Crippen molar-refractivity contribution in [3.8, 4) is 0 Å². The van der Waals surface area contributed by atoms with Crippen LogP contribution in [0.5, 0.6) is 0 Å². The molecule has 1 N–H and O–H groups in total. The lowest BCUT2D eigenvalue weighted by molar-refractivity contribution is 0.0315. The van der Waals surface area contributed by atoms with E-state index in [9.17, 15) is 9.90 Å². The summed E-state index contributed by atoms with van der Waals surface area (Å²) in [6.07, 6.45) is 0. The molecule has 1 aromatic carbocycles. The minimum Gasteiger partial charge on any atom is -0.395 e. The summed E-state index contributed by atoms with van der Waals surface area (Å²) in [6.45, 7) is 9.18. The Labute approximate surface area is 132 Å². The average molecular weight is 306 g/mol. The van der Waals surface area contributed by atoms with Crippen LogP contribution in [0.1, 0.15) is 21.5 Å². The van der Waals surface area contributed by atoms with Crippen LogP contribution in [0.2, 0.25) is 0 Å². The van der Waals surface area contributed by atoms with Crippen molar-refractivity contribution < 1.29 is 14.6 Å². The predicted molar refractivity (Wildman–Crippen MR) is 86.2 cm³/mol. The van der Waals surface area contributed by atoms with Gasteiger partial charge in [0.05, 0.1) is 19.8 Å². The third-order valence-corrected chi connectivity index (χ3v) is 4.20. The molecule has 1 aliphatic heterocycles. The highest BCUT2D eigenvalue weighted by atomic mass is 16.5. The molecule has 0 atom stereocenters. The Morgan fingerprint density at radius 1 is 1.23 bits per heavy atom. The Hall–Kier alpha value is -1.43. The number of aliphatic hydroxyl groups excluding tert-OH is 1. The van der Waals surface area contributed by atoms with Gasteiger partial charge in [-0.2, -0.15) is 0 Å². The Kier molecular flexibility index (Phi) is 6.36. The van der Waals surface area contributed by atoms with Gasteiger partial charge in [0, 0.05) is 38.3 Å². The number of ether oxygens (including phenoxy) is 1. The van der Waals surface area contributed by atoms with Crippen LogP contribution >= 0.6 is 0 Å². The van der Waals surface area contributed by atoms with Gasteiger partial charge in [0.1, 0.15) is 0 Å². The van der Waals surface area contributed by atoms with E-state index in [1.54, 1.807) is 4.90 Å². The fraction of sp³-hybridized carbons (Fsp3) is 0.588. The largest absolute Gasteiger partial charge is 0.395 e. The van der Waals surface area contributed by atoms with Crippen LogP contribution < -0.4 is 0 Å². The van der Waals surface area contributed by atoms with Crippen molar-refractivity contribution in [2.45, 2.75) is 13.8 Å². The average Bonchev–Trinajstić information content (AvgIpc) is 2.54. The third kappa shape index (κ3) is 4.53. The summed E-state index contributed by atoms with van der Waals surface area (Å²) in [5.74, 6) is -0.00888. The van der Waals surface area contributed by atoms with E-state index in [0.29, 0.717) is 18.7 Å². The highest BCUT2D eigenvalue weighted by Gasteiger charge is 2.18. The molecule has 5 heteroatoms. The van der Waals surface area contributed by atoms with Gasteiger partial charge in [-0.25, -0.2) is 0 Å². The summed E-state index contributed by atoms with van der Waals surface area (Å²) in [6, 6.07) is 5.77. The van der Waals surface area contributed by atoms with E-state index in [2.05, 4.69) is 4.90 Å². The maximum absolute atomic E-state index is 12.6. The van der Waals surface area contributed by atoms with E-state index >= 15 is 0 Å². The van der Waals surface area contributed by atoms with Gasteiger partial charge in [0.25, 0.3) is 5.91 Å². The van der Waals surface area contributed by atoms with Gasteiger partial charge < -0.3 is 14.7 Å². The molecule has 0 aliphatic carbocycles. The SMILES string of the molecule is Cc1ccc(C(=O)N(CCO)CCN2CCOCC2)cc1C. The number of rotatable bonds is 6. The summed E-state index contributed by atoms with van der Waals surface area (Å²) in [4.78, 5) is 16.7. The van der Waals surface area contributed by atoms with Crippen LogP contribution in [0.25, 0.3) is 0 Å². The van der Waals surface area contributed by atoms with Crippen LogP contribution in [-0.4, -0.2) is 73.4 Å². The van der Waals surface area contributed by atoms with Gasteiger partial charge in [-0.3, -0.25) is 9.69 Å². The van der Waals surface area contributed by atoms with Crippen LogP contribution in [0, 0.1) is 13.8 Å². The van der Waals surface area contributed by atoms with E-state index in [1.807, 2.05) is 32.0 Å². The zero-order valence-corrected chi connectivity index (χ0v) is 13.5. The maximum atomic E-state index is 12.6. The molecular formula is C17H26N2O3. The van der Waals surface area contributed by atoms with E-state index in [1.165, 1.54) is 5.56 Å². The fourth-order valence-corrected chi connectivity index (χ4v) is 2.58. The number of aliphatic hydroxyl groups is 1. The Bertz CT molecular complexity index is 499. The van der Waals surface area contributed by atoms with Gasteiger partial charge >= 0.3 is 0 Å². The monoisotopic (exact) mass is 306 g/mol. The highest BCUT2D eigenvalue weighted by Crippen LogP contribution is 2.12. The van der Waals surface area contributed by atoms with Gasteiger partial charge in [0.15, 0.2) is 0 Å². The number of hydrogen-bond donors (Lipinski definition) is 1. The third-order valence-electron chi connectivity index (χ3n) is 4.20. The summed E-state index contributed by atoms with van der Waals surface area (Å²) >= 11 is 0. The lowest BCUT2D eigenvalue weighted by atomic mass is 10.1. The number of amides is 1. The summed E-state index contributed by atoms with van der Waals surface area (Å²) in [5, 5.41) is 9.24. The molecule has 5 nitrogen and oxygen atoms in total. The first-order valence-corrected chi connectivity index (χ1v) is 7.89. The summed E-state index contributed by atoms with van der Waals surface area (Å²) in [5.41, 5.74) is 2.99. The lowest BCUT2D eigenvalue weighted by Crippen LogP contribution is -2.43. The van der Waals surface area contributed by atoms with Crippen LogP contribution in [0.4, 0.5) is 0 Å². The van der Waals surface area contributed by atoms with Crippen molar-refractivity contribution in [1.29, 1.82) is 0 Å². The fourth-order valence-electron chi connectivity index (χ4n) is 2.58. The van der Waals surface area contributed by atoms with Crippen molar-refractivity contribution in [1.82, 2.24) is 9.80 Å². The van der Waals surface area contributed by atoms with Crippen LogP contribution in [0.3, 0.4) is 0 Å². The van der Waals surface area contributed by atoms with E-state index in [-0.39, 0.29) is 12.5 Å². The molecule has 0 radical (unpaired) electrons. The quantitative estimate of drug-likeness (QED) is 0.854. The molecule has 2 rings (SSSR count). The first kappa shape index (κ1) is 16.9. The number of benzene rings is 1. The summed E-state index contributed by atoms with van der Waals surface area (Å²) < 4.78 is 5.33. The van der Waals surface area contributed by atoms with E-state index in [4.69, 9.17) is 4.74 Å². The predicted octanol–water partition coefficient (Wildman–Crippen LogP) is 1.07. The Morgan fingerprint density at radius 3 is 2.59 bits per heavy atom. The van der Waals surface area contributed by atoms with Gasteiger partial charge in [-0.1, -0.05) is 6.07 Å². The molecule has 0 unspecified atom stereocenters. The molecule has 0 spiro atoms. The molecule has 1 heterocycles. The van der Waals surface area contributed by atoms with Crippen molar-refractivity contribution in [3.63, 3.8) is 0 Å². The second-order valence-electron chi connectivity index (χ2n) is 5.77. The molecule has 0 aromatic heterocycles. The van der Waals surface area contributed by atoms with Gasteiger partial charge in [0.2, 0.25) is 0 Å². The lowest BCUT2D eigenvalue weighted by Gasteiger charge is -2.30. The van der Waals surface area contributed by atoms with Gasteiger partial charge in [-0.05, 0) is 37.1 Å². The first-order valence-electron chi connectivity index (χ1n) is 7.89. The maximum Gasteiger partial charge on any atom is 0.253 e. The molecule has 1 aromatic rings. The van der Waals surface area contributed by atoms with Crippen LogP contribution in [-0.2, 0) is 4.74 Å². The van der Waals surface area contributed by atoms with Crippen molar-refractivity contribution in [2.75, 3.05) is 52.5 Å². The number of carbonyl (C=O) groups is 1. The zero-order chi connectivity index (χ0) is 15.9. The van der Waals surface area contributed by atoms with E-state index in [0.717, 1.165) is 38.4 Å². The second-order valence-corrected chi connectivity index (χ2v) is 5.77. The summed E-state index contributed by atoms with van der Waals surface area (Å²) in [7, 11) is 0. The number of hydrogen-bond acceptors (Lipinski definition) is 4. The minimum absolute atomic E-state index is 0.00888. The molecular weight excluding hydrogens is 280 g/mol. The van der Waals surface area contributed by atoms with Crippen LogP contribution in [0.15, 0.2) is 18.2 Å². The van der Waals surface area contributed by atoms with Crippen molar-refractivity contribution in [2.24, 2.45) is 0 Å². The Balaban J connectivity index is 1.99. The zero-order valence-electron chi connectivity index (χ0n) is 13.5. The van der Waals surface area contributed by atoms with Gasteiger partial charge in [-0.15, -0.1) is 0 Å². The topological polar surface area (TPSA) is 53.0 Å². The molecule has 1 saturated heterocycles. The molecule has 1 amide bonds. The normalized spacial score (nSPS) is 15.8. The van der Waals surface area contributed by atoms with Crippen molar-refractivity contribution in [3.05, 3.63) is 34.9 Å². The number of aryl methyl sites for hydroxylation is 2. The number of morpholine rings is 1. The minimum atomic E-state index is -0.0142. The van der Waals surface area contributed by atoms with Crippen molar-refractivity contribution >= 4 is 5.91 Å². The molecule has 0 bridgehead atoms. The Morgan fingerprint density at radius 2 is 1.95 bits per heavy atom. The number of carbonyl (C=O) groups excluding carboxylic acids is 1. The highest BCUT2D eigenvalue weighted by molar-refractivity contribution is 5.94. The second kappa shape index (κ2) is 8.27. The first-order chi connectivity index (χ1) is 10.6. The van der Waals surface area contributed by atoms with E-state index < -0.39 is 0 Å². The molecule has 1 aliphatic rings. The molecule has 0 saturated carbocycles. The number of nitrogens with zero attached hydrogens (tertiary/aromatic N) is 2. The smallest absolute Gasteiger partial charge is 0.253 e.